The molecule has 0 saturated carbocycles. The molecule has 1 aliphatic heterocycles. The van der Waals surface area contributed by atoms with Crippen LogP contribution in [0.2, 0.25) is 0 Å². The summed E-state index contributed by atoms with van der Waals surface area (Å²) in [6, 6.07) is 0. The highest BCUT2D eigenvalue weighted by molar-refractivity contribution is 5.85. The number of aromatic nitrogens is 2. The van der Waals surface area contributed by atoms with E-state index in [2.05, 4.69) is 5.10 Å². The SMILES string of the molecule is Cl.Cl.Nc1cnn(CC2CCOCC2)c1. The van der Waals surface area contributed by atoms with Crippen molar-refractivity contribution in [2.24, 2.45) is 5.92 Å². The lowest BCUT2D eigenvalue weighted by molar-refractivity contribution is 0.0601. The van der Waals surface area contributed by atoms with Crippen LogP contribution in [0.25, 0.3) is 0 Å². The van der Waals surface area contributed by atoms with E-state index in [1.807, 2.05) is 10.9 Å². The van der Waals surface area contributed by atoms with E-state index in [0.29, 0.717) is 5.92 Å². The van der Waals surface area contributed by atoms with Gasteiger partial charge in [0.25, 0.3) is 0 Å². The zero-order valence-corrected chi connectivity index (χ0v) is 10.1. The number of nitrogens with zero attached hydrogens (tertiary/aromatic N) is 2. The van der Waals surface area contributed by atoms with Gasteiger partial charge in [0.05, 0.1) is 11.9 Å². The van der Waals surface area contributed by atoms with Crippen LogP contribution in [0.1, 0.15) is 12.8 Å². The van der Waals surface area contributed by atoms with E-state index in [1.165, 1.54) is 0 Å². The third-order valence-corrected chi connectivity index (χ3v) is 2.44. The number of nitrogens with two attached hydrogens (primary N) is 1. The summed E-state index contributed by atoms with van der Waals surface area (Å²) in [7, 11) is 0. The number of hydrogen-bond donors (Lipinski definition) is 1. The molecule has 0 atom stereocenters. The van der Waals surface area contributed by atoms with Gasteiger partial charge in [0.1, 0.15) is 0 Å². The molecule has 2 rings (SSSR count). The van der Waals surface area contributed by atoms with E-state index in [0.717, 1.165) is 38.3 Å². The molecule has 0 amide bonds. The molecule has 2 heterocycles. The number of halogens is 2. The third-order valence-electron chi connectivity index (χ3n) is 2.44. The Labute approximate surface area is 102 Å². The van der Waals surface area contributed by atoms with Gasteiger partial charge in [0, 0.05) is 26.0 Å². The largest absolute Gasteiger partial charge is 0.396 e. The zero-order valence-electron chi connectivity index (χ0n) is 8.46. The first-order valence-electron chi connectivity index (χ1n) is 4.70. The van der Waals surface area contributed by atoms with Gasteiger partial charge in [-0.1, -0.05) is 0 Å². The van der Waals surface area contributed by atoms with Crippen LogP contribution < -0.4 is 5.73 Å². The normalized spacial score (nSPS) is 16.5. The molecule has 1 aromatic heterocycles. The Bertz CT molecular complexity index is 274. The molecular formula is C9H17Cl2N3O. The van der Waals surface area contributed by atoms with Crippen LogP contribution in [0.3, 0.4) is 0 Å². The molecular weight excluding hydrogens is 237 g/mol. The fourth-order valence-corrected chi connectivity index (χ4v) is 1.67. The average Bonchev–Trinajstić information content (AvgIpc) is 2.53. The lowest BCUT2D eigenvalue weighted by Gasteiger charge is -2.21. The Morgan fingerprint density at radius 1 is 1.40 bits per heavy atom. The maximum atomic E-state index is 5.58. The van der Waals surface area contributed by atoms with Gasteiger partial charge in [-0.3, -0.25) is 4.68 Å². The summed E-state index contributed by atoms with van der Waals surface area (Å²) in [5.41, 5.74) is 6.32. The Morgan fingerprint density at radius 2 is 2.07 bits per heavy atom. The van der Waals surface area contributed by atoms with Crippen LogP contribution >= 0.6 is 24.8 Å². The van der Waals surface area contributed by atoms with Gasteiger partial charge >= 0.3 is 0 Å². The molecule has 2 N–H and O–H groups in total. The van der Waals surface area contributed by atoms with Crippen molar-refractivity contribution in [1.82, 2.24) is 9.78 Å². The minimum atomic E-state index is 0. The van der Waals surface area contributed by atoms with Crippen LogP contribution in [0, 0.1) is 5.92 Å². The number of ether oxygens (including phenoxy) is 1. The standard InChI is InChI=1S/C9H15N3O.2ClH/c10-9-5-11-12(7-9)6-8-1-3-13-4-2-8;;/h5,7-8H,1-4,6,10H2;2*1H. The van der Waals surface area contributed by atoms with E-state index in [9.17, 15) is 0 Å². The second kappa shape index (κ2) is 6.93. The van der Waals surface area contributed by atoms with E-state index >= 15 is 0 Å². The van der Waals surface area contributed by atoms with Crippen LogP contribution in [0.5, 0.6) is 0 Å². The van der Waals surface area contributed by atoms with Gasteiger partial charge in [0.2, 0.25) is 0 Å². The number of nitrogen functional groups attached to an aromatic ring is 1. The predicted molar refractivity (Wildman–Crippen MR) is 64.7 cm³/mol. The first-order valence-corrected chi connectivity index (χ1v) is 4.70. The van der Waals surface area contributed by atoms with Crippen molar-refractivity contribution < 1.29 is 4.74 Å². The molecule has 0 spiro atoms. The summed E-state index contributed by atoms with van der Waals surface area (Å²) < 4.78 is 7.21. The Morgan fingerprint density at radius 3 is 2.60 bits per heavy atom. The minimum Gasteiger partial charge on any atom is -0.396 e. The monoisotopic (exact) mass is 253 g/mol. The van der Waals surface area contributed by atoms with E-state index in [1.54, 1.807) is 6.20 Å². The van der Waals surface area contributed by atoms with Crippen LogP contribution in [0.4, 0.5) is 5.69 Å². The van der Waals surface area contributed by atoms with E-state index in [-0.39, 0.29) is 24.8 Å². The second-order valence-electron chi connectivity index (χ2n) is 3.55. The van der Waals surface area contributed by atoms with Crippen LogP contribution in [-0.2, 0) is 11.3 Å². The Hall–Kier alpha value is -0.450. The Kier molecular flexibility index (Phi) is 6.72. The van der Waals surface area contributed by atoms with Gasteiger partial charge in [-0.25, -0.2) is 0 Å². The highest BCUT2D eigenvalue weighted by atomic mass is 35.5. The summed E-state index contributed by atoms with van der Waals surface area (Å²) in [5.74, 6) is 0.702. The lowest BCUT2D eigenvalue weighted by Crippen LogP contribution is -2.20. The number of anilines is 1. The number of hydrogen-bond acceptors (Lipinski definition) is 3. The Balaban J connectivity index is 0.000000980. The van der Waals surface area contributed by atoms with Crippen molar-refractivity contribution in [1.29, 1.82) is 0 Å². The van der Waals surface area contributed by atoms with Crippen molar-refractivity contribution in [2.75, 3.05) is 18.9 Å². The molecule has 1 fully saturated rings. The van der Waals surface area contributed by atoms with E-state index < -0.39 is 0 Å². The van der Waals surface area contributed by atoms with Crippen molar-refractivity contribution in [2.45, 2.75) is 19.4 Å². The summed E-state index contributed by atoms with van der Waals surface area (Å²) in [6.07, 6.45) is 5.86. The second-order valence-corrected chi connectivity index (χ2v) is 3.55. The molecule has 1 aromatic rings. The first-order chi connectivity index (χ1) is 6.34. The van der Waals surface area contributed by atoms with Gasteiger partial charge in [-0.15, -0.1) is 24.8 Å². The van der Waals surface area contributed by atoms with E-state index in [4.69, 9.17) is 10.5 Å². The molecule has 6 heteroatoms. The van der Waals surface area contributed by atoms with Crippen LogP contribution in [0.15, 0.2) is 12.4 Å². The smallest absolute Gasteiger partial charge is 0.0719 e. The highest BCUT2D eigenvalue weighted by Gasteiger charge is 2.14. The molecule has 0 aliphatic carbocycles. The molecule has 1 aliphatic rings. The summed E-state index contributed by atoms with van der Waals surface area (Å²) in [5, 5.41) is 4.16. The quantitative estimate of drug-likeness (QED) is 0.874. The first kappa shape index (κ1) is 14.6. The highest BCUT2D eigenvalue weighted by Crippen LogP contribution is 2.16. The van der Waals surface area contributed by atoms with Crippen molar-refractivity contribution in [3.63, 3.8) is 0 Å². The molecule has 88 valence electrons. The molecule has 0 bridgehead atoms. The fourth-order valence-electron chi connectivity index (χ4n) is 1.67. The molecule has 0 radical (unpaired) electrons. The predicted octanol–water partition coefficient (Wildman–Crippen LogP) is 1.74. The molecule has 0 unspecified atom stereocenters. The topological polar surface area (TPSA) is 53.1 Å². The number of rotatable bonds is 2. The van der Waals surface area contributed by atoms with Crippen molar-refractivity contribution in [3.8, 4) is 0 Å². The van der Waals surface area contributed by atoms with Gasteiger partial charge in [-0.05, 0) is 18.8 Å². The zero-order chi connectivity index (χ0) is 9.10. The summed E-state index contributed by atoms with van der Waals surface area (Å²) >= 11 is 0. The third kappa shape index (κ3) is 4.28. The maximum absolute atomic E-state index is 5.58. The van der Waals surface area contributed by atoms with Crippen molar-refractivity contribution in [3.05, 3.63) is 12.4 Å². The summed E-state index contributed by atoms with van der Waals surface area (Å²) in [4.78, 5) is 0. The maximum Gasteiger partial charge on any atom is 0.0719 e. The van der Waals surface area contributed by atoms with Gasteiger partial charge in [-0.2, -0.15) is 5.10 Å². The average molecular weight is 254 g/mol. The summed E-state index contributed by atoms with van der Waals surface area (Å²) in [6.45, 7) is 2.75. The van der Waals surface area contributed by atoms with Crippen molar-refractivity contribution >= 4 is 30.5 Å². The van der Waals surface area contributed by atoms with Gasteiger partial charge < -0.3 is 10.5 Å². The van der Waals surface area contributed by atoms with Gasteiger partial charge in [0.15, 0.2) is 0 Å². The molecule has 15 heavy (non-hydrogen) atoms. The molecule has 4 nitrogen and oxygen atoms in total. The molecule has 0 aromatic carbocycles. The van der Waals surface area contributed by atoms with Crippen LogP contribution in [-0.4, -0.2) is 23.0 Å². The lowest BCUT2D eigenvalue weighted by atomic mass is 10.0. The fraction of sp³-hybridized carbons (Fsp3) is 0.667. The minimum absolute atomic E-state index is 0. The molecule has 1 saturated heterocycles.